The van der Waals surface area contributed by atoms with Gasteiger partial charge in [0.15, 0.2) is 0 Å². The van der Waals surface area contributed by atoms with Crippen molar-refractivity contribution < 1.29 is 4.79 Å². The molecule has 0 aromatic carbocycles. The fourth-order valence-electron chi connectivity index (χ4n) is 4.14. The lowest BCUT2D eigenvalue weighted by atomic mass is 9.75. The summed E-state index contributed by atoms with van der Waals surface area (Å²) in [4.78, 5) is 18.8. The number of carbonyl (C=O) groups is 1. The molecule has 0 radical (unpaired) electrons. The normalized spacial score (nSPS) is 25.5. The lowest BCUT2D eigenvalue weighted by Crippen LogP contribution is -2.43. The first-order chi connectivity index (χ1) is 10.1. The predicted molar refractivity (Wildman–Crippen MR) is 84.5 cm³/mol. The summed E-state index contributed by atoms with van der Waals surface area (Å²) in [5.41, 5.74) is 8.10. The summed E-state index contributed by atoms with van der Waals surface area (Å²) >= 11 is 0. The van der Waals surface area contributed by atoms with E-state index in [4.69, 9.17) is 5.73 Å². The van der Waals surface area contributed by atoms with Crippen molar-refractivity contribution >= 4 is 11.7 Å². The number of piperidine rings is 1. The molecule has 1 aliphatic carbocycles. The van der Waals surface area contributed by atoms with Crippen molar-refractivity contribution in [2.75, 3.05) is 18.0 Å². The molecule has 2 aliphatic rings. The highest BCUT2D eigenvalue weighted by Gasteiger charge is 2.33. The number of aryl methyl sites for hydroxylation is 2. The maximum absolute atomic E-state index is 11.8. The second kappa shape index (κ2) is 5.66. The van der Waals surface area contributed by atoms with Gasteiger partial charge in [0.2, 0.25) is 0 Å². The highest BCUT2D eigenvalue weighted by atomic mass is 16.1. The average molecular weight is 287 g/mol. The summed E-state index contributed by atoms with van der Waals surface area (Å²) in [5, 5.41) is 0. The minimum atomic E-state index is -0.360. The number of aromatic nitrogens is 1. The SMILES string of the molecule is Cc1cc(C)c(C(N)=O)c(N2CCC3CCCCC3C2)n1. The van der Waals surface area contributed by atoms with E-state index in [0.717, 1.165) is 42.0 Å². The van der Waals surface area contributed by atoms with Crippen molar-refractivity contribution in [2.24, 2.45) is 17.6 Å². The van der Waals surface area contributed by atoms with Crippen molar-refractivity contribution in [3.63, 3.8) is 0 Å². The molecule has 1 aromatic rings. The van der Waals surface area contributed by atoms with Gasteiger partial charge in [0.1, 0.15) is 5.82 Å². The molecule has 1 aromatic heterocycles. The number of fused-ring (bicyclic) bond motifs is 1. The second-order valence-corrected chi connectivity index (χ2v) is 6.68. The highest BCUT2D eigenvalue weighted by Crippen LogP contribution is 2.38. The van der Waals surface area contributed by atoms with Gasteiger partial charge in [-0.1, -0.05) is 19.3 Å². The maximum atomic E-state index is 11.8. The van der Waals surface area contributed by atoms with Crippen LogP contribution in [-0.2, 0) is 0 Å². The van der Waals surface area contributed by atoms with Crippen LogP contribution in [0.5, 0.6) is 0 Å². The molecule has 21 heavy (non-hydrogen) atoms. The zero-order valence-electron chi connectivity index (χ0n) is 13.1. The van der Waals surface area contributed by atoms with Crippen LogP contribution in [0.15, 0.2) is 6.07 Å². The summed E-state index contributed by atoms with van der Waals surface area (Å²) in [6.45, 7) is 5.96. The number of rotatable bonds is 2. The van der Waals surface area contributed by atoms with Crippen LogP contribution in [0.1, 0.15) is 53.7 Å². The molecule has 2 N–H and O–H groups in total. The molecule has 2 heterocycles. The van der Waals surface area contributed by atoms with E-state index in [1.165, 1.54) is 32.1 Å². The molecule has 1 amide bonds. The lowest BCUT2D eigenvalue weighted by molar-refractivity contribution is 0.0999. The van der Waals surface area contributed by atoms with Gasteiger partial charge in [0.05, 0.1) is 5.56 Å². The summed E-state index contributed by atoms with van der Waals surface area (Å²) in [5.74, 6) is 2.08. The van der Waals surface area contributed by atoms with Gasteiger partial charge in [0.25, 0.3) is 5.91 Å². The predicted octanol–water partition coefficient (Wildman–Crippen LogP) is 2.81. The first kappa shape index (κ1) is 14.4. The second-order valence-electron chi connectivity index (χ2n) is 6.68. The van der Waals surface area contributed by atoms with Crippen LogP contribution in [-0.4, -0.2) is 24.0 Å². The van der Waals surface area contributed by atoms with E-state index in [1.54, 1.807) is 0 Å². The Balaban J connectivity index is 1.91. The average Bonchev–Trinajstić information content (AvgIpc) is 2.45. The Kier molecular flexibility index (Phi) is 3.87. The van der Waals surface area contributed by atoms with Crippen molar-refractivity contribution in [3.8, 4) is 0 Å². The number of anilines is 1. The fourth-order valence-corrected chi connectivity index (χ4v) is 4.14. The summed E-state index contributed by atoms with van der Waals surface area (Å²) in [6.07, 6.45) is 6.64. The van der Waals surface area contributed by atoms with Gasteiger partial charge >= 0.3 is 0 Å². The van der Waals surface area contributed by atoms with E-state index in [2.05, 4.69) is 9.88 Å². The van der Waals surface area contributed by atoms with Crippen molar-refractivity contribution in [1.29, 1.82) is 0 Å². The molecule has 2 fully saturated rings. The van der Waals surface area contributed by atoms with E-state index >= 15 is 0 Å². The molecule has 4 heteroatoms. The van der Waals surface area contributed by atoms with E-state index in [-0.39, 0.29) is 5.91 Å². The third kappa shape index (κ3) is 2.76. The number of primary amides is 1. The Morgan fingerprint density at radius 1 is 1.24 bits per heavy atom. The van der Waals surface area contributed by atoms with Crippen LogP contribution in [0, 0.1) is 25.7 Å². The van der Waals surface area contributed by atoms with Gasteiger partial charge in [0, 0.05) is 18.8 Å². The van der Waals surface area contributed by atoms with Crippen molar-refractivity contribution in [1.82, 2.24) is 4.98 Å². The lowest BCUT2D eigenvalue weighted by Gasteiger charge is -2.42. The van der Waals surface area contributed by atoms with Crippen LogP contribution in [0.4, 0.5) is 5.82 Å². The molecule has 1 saturated carbocycles. The molecule has 2 atom stereocenters. The fraction of sp³-hybridized carbons (Fsp3) is 0.647. The maximum Gasteiger partial charge on any atom is 0.252 e. The van der Waals surface area contributed by atoms with E-state index in [1.807, 2.05) is 19.9 Å². The van der Waals surface area contributed by atoms with Gasteiger partial charge in [-0.2, -0.15) is 0 Å². The molecular weight excluding hydrogens is 262 g/mol. The summed E-state index contributed by atoms with van der Waals surface area (Å²) in [6, 6.07) is 1.94. The summed E-state index contributed by atoms with van der Waals surface area (Å²) < 4.78 is 0. The Hall–Kier alpha value is -1.58. The number of nitrogens with zero attached hydrogens (tertiary/aromatic N) is 2. The Morgan fingerprint density at radius 2 is 1.95 bits per heavy atom. The molecule has 0 bridgehead atoms. The Bertz CT molecular complexity index is 555. The van der Waals surface area contributed by atoms with E-state index in [9.17, 15) is 4.79 Å². The number of amides is 1. The number of carbonyl (C=O) groups excluding carboxylic acids is 1. The van der Waals surface area contributed by atoms with Crippen molar-refractivity contribution in [2.45, 2.75) is 46.0 Å². The van der Waals surface area contributed by atoms with E-state index in [0.29, 0.717) is 5.56 Å². The van der Waals surface area contributed by atoms with Crippen LogP contribution < -0.4 is 10.6 Å². The quantitative estimate of drug-likeness (QED) is 0.910. The number of pyridine rings is 1. The number of hydrogen-bond acceptors (Lipinski definition) is 3. The largest absolute Gasteiger partial charge is 0.365 e. The molecule has 3 rings (SSSR count). The Morgan fingerprint density at radius 3 is 2.67 bits per heavy atom. The van der Waals surface area contributed by atoms with Gasteiger partial charge < -0.3 is 10.6 Å². The van der Waals surface area contributed by atoms with Crippen LogP contribution in [0.25, 0.3) is 0 Å². The van der Waals surface area contributed by atoms with Crippen LogP contribution in [0.2, 0.25) is 0 Å². The van der Waals surface area contributed by atoms with E-state index < -0.39 is 0 Å². The third-order valence-corrected chi connectivity index (χ3v) is 5.16. The number of nitrogens with two attached hydrogens (primary N) is 1. The minimum Gasteiger partial charge on any atom is -0.365 e. The molecule has 2 unspecified atom stereocenters. The van der Waals surface area contributed by atoms with Gasteiger partial charge in [-0.3, -0.25) is 4.79 Å². The topological polar surface area (TPSA) is 59.2 Å². The first-order valence-corrected chi connectivity index (χ1v) is 8.09. The molecule has 1 saturated heterocycles. The monoisotopic (exact) mass is 287 g/mol. The smallest absolute Gasteiger partial charge is 0.252 e. The van der Waals surface area contributed by atoms with Gasteiger partial charge in [-0.25, -0.2) is 4.98 Å². The summed E-state index contributed by atoms with van der Waals surface area (Å²) in [7, 11) is 0. The zero-order valence-corrected chi connectivity index (χ0v) is 13.1. The molecule has 0 spiro atoms. The first-order valence-electron chi connectivity index (χ1n) is 8.09. The Labute approximate surface area is 126 Å². The minimum absolute atomic E-state index is 0.360. The zero-order chi connectivity index (χ0) is 15.0. The molecule has 114 valence electrons. The standard InChI is InChI=1S/C17H25N3O/c1-11-9-12(2)19-17(15(11)16(18)21)20-8-7-13-5-3-4-6-14(13)10-20/h9,13-14H,3-8,10H2,1-2H3,(H2,18,21). The number of hydrogen-bond donors (Lipinski definition) is 1. The van der Waals surface area contributed by atoms with Crippen molar-refractivity contribution in [3.05, 3.63) is 22.9 Å². The molecule has 1 aliphatic heterocycles. The van der Waals surface area contributed by atoms with Crippen LogP contribution >= 0.6 is 0 Å². The van der Waals surface area contributed by atoms with Gasteiger partial charge in [-0.15, -0.1) is 0 Å². The molecule has 4 nitrogen and oxygen atoms in total. The van der Waals surface area contributed by atoms with Gasteiger partial charge in [-0.05, 0) is 50.2 Å². The third-order valence-electron chi connectivity index (χ3n) is 5.16. The highest BCUT2D eigenvalue weighted by molar-refractivity contribution is 5.99. The molecular formula is C17H25N3O. The van der Waals surface area contributed by atoms with Crippen LogP contribution in [0.3, 0.4) is 0 Å².